The van der Waals surface area contributed by atoms with Crippen molar-refractivity contribution in [2.45, 2.75) is 10.8 Å². The van der Waals surface area contributed by atoms with Gasteiger partial charge < -0.3 is 4.90 Å². The van der Waals surface area contributed by atoms with Gasteiger partial charge in [0.25, 0.3) is 0 Å². The number of anilines is 3. The fourth-order valence-electron chi connectivity index (χ4n) is 14.2. The Balaban J connectivity index is 0.915. The minimum atomic E-state index is -0.449. The molecular formula is C72H45N. The van der Waals surface area contributed by atoms with Gasteiger partial charge in [-0.1, -0.05) is 237 Å². The minimum Gasteiger partial charge on any atom is -0.310 e. The van der Waals surface area contributed by atoms with E-state index in [2.05, 4.69) is 278 Å². The van der Waals surface area contributed by atoms with Crippen LogP contribution in [0, 0.1) is 0 Å². The molecule has 0 aromatic heterocycles. The number of hydrogen-bond acceptors (Lipinski definition) is 1. The van der Waals surface area contributed by atoms with Crippen molar-refractivity contribution in [2.75, 3.05) is 4.90 Å². The molecule has 0 heterocycles. The highest BCUT2D eigenvalue weighted by atomic mass is 15.1. The lowest BCUT2D eigenvalue weighted by atomic mass is 9.70. The highest BCUT2D eigenvalue weighted by Gasteiger charge is 2.53. The second-order valence-corrected chi connectivity index (χ2v) is 20.2. The molecule has 12 aromatic carbocycles. The van der Waals surface area contributed by atoms with Crippen LogP contribution < -0.4 is 4.90 Å². The van der Waals surface area contributed by atoms with Crippen molar-refractivity contribution in [1.82, 2.24) is 0 Å². The zero-order valence-electron chi connectivity index (χ0n) is 39.9. The summed E-state index contributed by atoms with van der Waals surface area (Å²) in [5.74, 6) is 0. The topological polar surface area (TPSA) is 3.24 Å². The van der Waals surface area contributed by atoms with Crippen molar-refractivity contribution >= 4 is 27.8 Å². The Bertz CT molecular complexity index is 4180. The first kappa shape index (κ1) is 40.4. The van der Waals surface area contributed by atoms with Gasteiger partial charge in [0.15, 0.2) is 0 Å². The molecule has 0 aliphatic heterocycles. The fourth-order valence-corrected chi connectivity index (χ4v) is 14.2. The van der Waals surface area contributed by atoms with Gasteiger partial charge in [-0.2, -0.15) is 0 Å². The van der Waals surface area contributed by atoms with Crippen LogP contribution in [0.1, 0.15) is 44.5 Å². The lowest BCUT2D eigenvalue weighted by Crippen LogP contribution is -2.26. The Hall–Kier alpha value is -9.30. The number of fused-ring (bicyclic) bond motifs is 21. The molecule has 1 nitrogen and oxygen atoms in total. The summed E-state index contributed by atoms with van der Waals surface area (Å²) in [4.78, 5) is 2.46. The third-order valence-electron chi connectivity index (χ3n) is 16.9. The predicted molar refractivity (Wildman–Crippen MR) is 302 cm³/mol. The SMILES string of the molecule is c1ccc(N(c2cccc(-c3ccc4ccccc4c3-c3cccc4c3-c3ccccc3C43c4ccccc4-c4ccccc43)c2)c2ccc3c(c2)C2(c4ccccc4-c4ccccc42)c2ccccc2-3)cc1. The largest absolute Gasteiger partial charge is 0.310 e. The standard InChI is InChI=1S/C72H45N/c1-2-22-48(23-3-1)73(50-41-43-58-57-30-10-16-37-65(57)72(68(58)45-50)63-35-14-8-28-55(63)56-29-9-15-36-64(56)72)49-24-18-21-47(44-49)52-42-40-46-20-4-5-25-51(46)69(52)60-32-19-39-67-70(60)59-31-11-17-38-66(59)71(67)61-33-12-6-26-53(61)54-27-7-13-34-62(54)71/h1-45H. The first-order chi connectivity index (χ1) is 36.2. The number of benzene rings is 12. The highest BCUT2D eigenvalue weighted by Crippen LogP contribution is 2.66. The molecule has 0 N–H and O–H groups in total. The summed E-state index contributed by atoms with van der Waals surface area (Å²) in [6, 6.07) is 103. The molecular weight excluding hydrogens is 879 g/mol. The van der Waals surface area contributed by atoms with Crippen LogP contribution in [-0.2, 0) is 10.8 Å². The van der Waals surface area contributed by atoms with Crippen molar-refractivity contribution in [2.24, 2.45) is 0 Å². The summed E-state index contributed by atoms with van der Waals surface area (Å²) in [6.45, 7) is 0. The molecule has 0 fully saturated rings. The molecule has 4 aliphatic carbocycles. The van der Waals surface area contributed by atoms with Gasteiger partial charge in [-0.3, -0.25) is 0 Å². The van der Waals surface area contributed by atoms with Gasteiger partial charge in [-0.05, 0) is 158 Å². The van der Waals surface area contributed by atoms with Gasteiger partial charge >= 0.3 is 0 Å². The van der Waals surface area contributed by atoms with E-state index in [4.69, 9.17) is 0 Å². The Labute approximate surface area is 425 Å². The third-order valence-corrected chi connectivity index (χ3v) is 16.9. The lowest BCUT2D eigenvalue weighted by molar-refractivity contribution is 0.793. The van der Waals surface area contributed by atoms with Crippen molar-refractivity contribution in [3.05, 3.63) is 317 Å². The molecule has 73 heavy (non-hydrogen) atoms. The van der Waals surface area contributed by atoms with Gasteiger partial charge in [0, 0.05) is 17.1 Å². The zero-order chi connectivity index (χ0) is 47.8. The van der Waals surface area contributed by atoms with Crippen LogP contribution >= 0.6 is 0 Å². The van der Waals surface area contributed by atoms with E-state index in [-0.39, 0.29) is 0 Å². The van der Waals surface area contributed by atoms with Crippen LogP contribution in [0.3, 0.4) is 0 Å². The summed E-state index contributed by atoms with van der Waals surface area (Å²) in [5, 5.41) is 2.46. The van der Waals surface area contributed by atoms with Crippen LogP contribution in [0.5, 0.6) is 0 Å². The summed E-state index contributed by atoms with van der Waals surface area (Å²) >= 11 is 0. The molecule has 0 radical (unpaired) electrons. The average Bonchev–Trinajstić information content (AvgIpc) is 4.25. The Morgan fingerprint density at radius 1 is 0.219 bits per heavy atom. The maximum Gasteiger partial charge on any atom is 0.0726 e. The van der Waals surface area contributed by atoms with Crippen LogP contribution in [0.15, 0.2) is 273 Å². The lowest BCUT2D eigenvalue weighted by Gasteiger charge is -2.32. The predicted octanol–water partition coefficient (Wildman–Crippen LogP) is 18.3. The van der Waals surface area contributed by atoms with E-state index in [9.17, 15) is 0 Å². The molecule has 0 saturated carbocycles. The Kier molecular flexibility index (Phi) is 8.37. The Morgan fingerprint density at radius 3 is 1.23 bits per heavy atom. The van der Waals surface area contributed by atoms with Crippen molar-refractivity contribution in [3.63, 3.8) is 0 Å². The first-order valence-electron chi connectivity index (χ1n) is 25.6. The van der Waals surface area contributed by atoms with Crippen LogP contribution in [0.4, 0.5) is 17.1 Å². The van der Waals surface area contributed by atoms with E-state index in [1.54, 1.807) is 0 Å². The van der Waals surface area contributed by atoms with Crippen LogP contribution in [-0.4, -0.2) is 0 Å². The third kappa shape index (κ3) is 5.25. The Morgan fingerprint density at radius 2 is 0.630 bits per heavy atom. The highest BCUT2D eigenvalue weighted by molar-refractivity contribution is 6.10. The molecule has 12 aromatic rings. The van der Waals surface area contributed by atoms with Crippen molar-refractivity contribution < 1.29 is 0 Å². The van der Waals surface area contributed by atoms with E-state index < -0.39 is 10.8 Å². The molecule has 0 unspecified atom stereocenters. The summed E-state index contributed by atoms with van der Waals surface area (Å²) in [6.07, 6.45) is 0. The summed E-state index contributed by atoms with van der Waals surface area (Å²) in [5.41, 5.74) is 28.5. The minimum absolute atomic E-state index is 0.436. The maximum absolute atomic E-state index is 2.50. The number of para-hydroxylation sites is 1. The molecule has 1 heteroatoms. The van der Waals surface area contributed by atoms with Crippen molar-refractivity contribution in [1.29, 1.82) is 0 Å². The van der Waals surface area contributed by atoms with E-state index in [0.717, 1.165) is 22.6 Å². The zero-order valence-corrected chi connectivity index (χ0v) is 39.9. The second-order valence-electron chi connectivity index (χ2n) is 20.2. The normalized spacial score (nSPS) is 14.0. The average molecular weight is 924 g/mol. The number of hydrogen-bond donors (Lipinski definition) is 0. The monoisotopic (exact) mass is 923 g/mol. The summed E-state index contributed by atoms with van der Waals surface area (Å²) < 4.78 is 0. The van der Waals surface area contributed by atoms with Crippen LogP contribution in [0.2, 0.25) is 0 Å². The fraction of sp³-hybridized carbons (Fsp3) is 0.0278. The van der Waals surface area contributed by atoms with Crippen LogP contribution in [0.25, 0.3) is 77.5 Å². The molecule has 0 bridgehead atoms. The van der Waals surface area contributed by atoms with E-state index in [1.165, 1.54) is 116 Å². The van der Waals surface area contributed by atoms with Gasteiger partial charge in [0.2, 0.25) is 0 Å². The molecule has 0 amide bonds. The van der Waals surface area contributed by atoms with Gasteiger partial charge in [0.1, 0.15) is 0 Å². The molecule has 16 rings (SSSR count). The first-order valence-corrected chi connectivity index (χ1v) is 25.6. The number of rotatable bonds is 5. The molecule has 2 spiro atoms. The molecule has 0 atom stereocenters. The quantitative estimate of drug-likeness (QED) is 0.166. The second kappa shape index (κ2) is 15.1. The van der Waals surface area contributed by atoms with Gasteiger partial charge in [0.05, 0.1) is 10.8 Å². The van der Waals surface area contributed by atoms with Gasteiger partial charge in [-0.25, -0.2) is 0 Å². The van der Waals surface area contributed by atoms with Gasteiger partial charge in [-0.15, -0.1) is 0 Å². The number of nitrogens with zero attached hydrogens (tertiary/aromatic N) is 1. The van der Waals surface area contributed by atoms with E-state index in [0.29, 0.717) is 0 Å². The van der Waals surface area contributed by atoms with E-state index in [1.807, 2.05) is 0 Å². The maximum atomic E-state index is 2.50. The molecule has 0 saturated heterocycles. The van der Waals surface area contributed by atoms with E-state index >= 15 is 0 Å². The summed E-state index contributed by atoms with van der Waals surface area (Å²) in [7, 11) is 0. The molecule has 4 aliphatic rings. The van der Waals surface area contributed by atoms with Crippen molar-refractivity contribution in [3.8, 4) is 66.8 Å². The smallest absolute Gasteiger partial charge is 0.0726 e. The molecule has 338 valence electrons.